The maximum Gasteiger partial charge on any atom is 0.348 e. The maximum atomic E-state index is 11.8. The van der Waals surface area contributed by atoms with Gasteiger partial charge in [-0.05, 0) is 52.2 Å². The summed E-state index contributed by atoms with van der Waals surface area (Å²) in [6.07, 6.45) is 0. The first-order chi connectivity index (χ1) is 7.59. The average molecular weight is 299 g/mol. The normalized spacial score (nSPS) is 10.7. The molecule has 3 nitrogen and oxygen atoms in total. The lowest BCUT2D eigenvalue weighted by Gasteiger charge is -2.11. The van der Waals surface area contributed by atoms with Crippen molar-refractivity contribution in [1.82, 2.24) is 9.55 Å². The zero-order chi connectivity index (χ0) is 11.7. The van der Waals surface area contributed by atoms with Crippen molar-refractivity contribution in [2.45, 2.75) is 20.4 Å². The molecule has 2 aromatic rings. The molecule has 0 amide bonds. The first kappa shape index (κ1) is 11.5. The number of nitrogens with zero attached hydrogens (tertiary/aromatic N) is 2. The van der Waals surface area contributed by atoms with Crippen LogP contribution in [0.4, 0.5) is 0 Å². The molecule has 0 spiro atoms. The molecule has 16 heavy (non-hydrogen) atoms. The van der Waals surface area contributed by atoms with E-state index in [-0.39, 0.29) is 5.69 Å². The van der Waals surface area contributed by atoms with Gasteiger partial charge in [-0.15, -0.1) is 0 Å². The zero-order valence-corrected chi connectivity index (χ0v) is 11.4. The molecule has 0 radical (unpaired) electrons. The summed E-state index contributed by atoms with van der Waals surface area (Å²) >= 11 is 5.08. The fraction of sp³-hybridized carbons (Fsp3) is 0.273. The van der Waals surface area contributed by atoms with Crippen molar-refractivity contribution in [3.8, 4) is 0 Å². The molecule has 0 aliphatic rings. The molecule has 2 heterocycles. The number of aromatic nitrogens is 2. The van der Waals surface area contributed by atoms with Gasteiger partial charge in [0.25, 0.3) is 0 Å². The van der Waals surface area contributed by atoms with E-state index in [0.29, 0.717) is 6.54 Å². The smallest absolute Gasteiger partial charge is 0.291 e. The van der Waals surface area contributed by atoms with E-state index in [4.69, 9.17) is 0 Å². The molecule has 0 N–H and O–H groups in total. The Kier molecular flexibility index (Phi) is 3.25. The monoisotopic (exact) mass is 298 g/mol. The fourth-order valence-corrected chi connectivity index (χ4v) is 2.49. The minimum absolute atomic E-state index is 0.190. The van der Waals surface area contributed by atoms with Crippen LogP contribution in [0.15, 0.2) is 26.1 Å². The Morgan fingerprint density at radius 2 is 2.25 bits per heavy atom. The predicted molar refractivity (Wildman–Crippen MR) is 69.1 cm³/mol. The standard InChI is InChI=1S/C11H11BrN2OS/c1-7-10(12)8(2)14(11(15)13-7)5-9-3-4-16-6-9/h3-4,6H,5H2,1-2H3. The van der Waals surface area contributed by atoms with Gasteiger partial charge in [0.1, 0.15) is 0 Å². The number of hydrogen-bond donors (Lipinski definition) is 0. The molecule has 0 bridgehead atoms. The minimum Gasteiger partial charge on any atom is -0.291 e. The van der Waals surface area contributed by atoms with Crippen molar-refractivity contribution in [3.63, 3.8) is 0 Å². The van der Waals surface area contributed by atoms with Crippen LogP contribution in [-0.2, 0) is 6.54 Å². The van der Waals surface area contributed by atoms with E-state index in [1.165, 1.54) is 0 Å². The molecule has 0 saturated heterocycles. The Labute approximate surface area is 106 Å². The summed E-state index contributed by atoms with van der Waals surface area (Å²) < 4.78 is 2.58. The Hall–Kier alpha value is -0.940. The molecule has 0 atom stereocenters. The lowest BCUT2D eigenvalue weighted by molar-refractivity contribution is 0.690. The van der Waals surface area contributed by atoms with Crippen LogP contribution in [0.3, 0.4) is 0 Å². The van der Waals surface area contributed by atoms with Gasteiger partial charge in [-0.3, -0.25) is 4.57 Å². The molecular weight excluding hydrogens is 288 g/mol. The summed E-state index contributed by atoms with van der Waals surface area (Å²) in [5.74, 6) is 0. The quantitative estimate of drug-likeness (QED) is 0.854. The second-order valence-electron chi connectivity index (χ2n) is 3.60. The van der Waals surface area contributed by atoms with E-state index in [1.807, 2.05) is 30.7 Å². The summed E-state index contributed by atoms with van der Waals surface area (Å²) in [6.45, 7) is 4.33. The number of aryl methyl sites for hydroxylation is 1. The molecule has 5 heteroatoms. The lowest BCUT2D eigenvalue weighted by atomic mass is 10.3. The van der Waals surface area contributed by atoms with Gasteiger partial charge in [-0.25, -0.2) is 4.79 Å². The van der Waals surface area contributed by atoms with Crippen molar-refractivity contribution in [2.75, 3.05) is 0 Å². The van der Waals surface area contributed by atoms with Crippen molar-refractivity contribution >= 4 is 27.3 Å². The molecule has 0 aromatic carbocycles. The van der Waals surface area contributed by atoms with E-state index in [1.54, 1.807) is 15.9 Å². The van der Waals surface area contributed by atoms with Crippen LogP contribution < -0.4 is 5.69 Å². The first-order valence-corrected chi connectivity index (χ1v) is 6.58. The van der Waals surface area contributed by atoms with Gasteiger partial charge < -0.3 is 0 Å². The van der Waals surface area contributed by atoms with Crippen molar-refractivity contribution in [3.05, 3.63) is 48.7 Å². The zero-order valence-electron chi connectivity index (χ0n) is 9.03. The lowest BCUT2D eigenvalue weighted by Crippen LogP contribution is -2.26. The van der Waals surface area contributed by atoms with Gasteiger partial charge in [0.15, 0.2) is 0 Å². The highest BCUT2D eigenvalue weighted by Gasteiger charge is 2.09. The third kappa shape index (κ3) is 2.10. The van der Waals surface area contributed by atoms with Crippen molar-refractivity contribution < 1.29 is 0 Å². The summed E-state index contributed by atoms with van der Waals surface area (Å²) in [5.41, 5.74) is 2.60. The van der Waals surface area contributed by atoms with E-state index < -0.39 is 0 Å². The van der Waals surface area contributed by atoms with Crippen LogP contribution in [0.5, 0.6) is 0 Å². The van der Waals surface area contributed by atoms with Crippen LogP contribution in [-0.4, -0.2) is 9.55 Å². The molecule has 84 valence electrons. The Balaban J connectivity index is 2.49. The highest BCUT2D eigenvalue weighted by Crippen LogP contribution is 2.17. The van der Waals surface area contributed by atoms with Gasteiger partial charge in [0.05, 0.1) is 16.7 Å². The molecule has 0 saturated carbocycles. The van der Waals surface area contributed by atoms with Gasteiger partial charge in [-0.1, -0.05) is 0 Å². The predicted octanol–water partition coefficient (Wildman–Crippen LogP) is 2.73. The molecule has 2 rings (SSSR count). The number of halogens is 1. The summed E-state index contributed by atoms with van der Waals surface area (Å²) in [5, 5.41) is 4.05. The molecule has 0 aliphatic heterocycles. The van der Waals surface area contributed by atoms with Gasteiger partial charge in [0.2, 0.25) is 0 Å². The molecule has 0 unspecified atom stereocenters. The number of hydrogen-bond acceptors (Lipinski definition) is 3. The fourth-order valence-electron chi connectivity index (χ4n) is 1.53. The largest absolute Gasteiger partial charge is 0.348 e. The van der Waals surface area contributed by atoms with Crippen LogP contribution in [0, 0.1) is 13.8 Å². The molecular formula is C11H11BrN2OS. The Morgan fingerprint density at radius 3 is 2.88 bits per heavy atom. The maximum absolute atomic E-state index is 11.8. The highest BCUT2D eigenvalue weighted by molar-refractivity contribution is 9.10. The van der Waals surface area contributed by atoms with E-state index in [2.05, 4.69) is 20.9 Å². The van der Waals surface area contributed by atoms with Crippen LogP contribution in [0.2, 0.25) is 0 Å². The van der Waals surface area contributed by atoms with Crippen LogP contribution in [0.1, 0.15) is 17.0 Å². The van der Waals surface area contributed by atoms with Crippen LogP contribution in [0.25, 0.3) is 0 Å². The van der Waals surface area contributed by atoms with Crippen molar-refractivity contribution in [2.24, 2.45) is 0 Å². The van der Waals surface area contributed by atoms with E-state index >= 15 is 0 Å². The van der Waals surface area contributed by atoms with E-state index in [9.17, 15) is 4.79 Å². The Morgan fingerprint density at radius 1 is 1.50 bits per heavy atom. The van der Waals surface area contributed by atoms with Gasteiger partial charge in [-0.2, -0.15) is 16.3 Å². The summed E-state index contributed by atoms with van der Waals surface area (Å²) in [6, 6.07) is 2.02. The minimum atomic E-state index is -0.190. The Bertz CT molecular complexity index is 560. The number of rotatable bonds is 2. The van der Waals surface area contributed by atoms with E-state index in [0.717, 1.165) is 21.4 Å². The molecule has 0 aliphatic carbocycles. The highest BCUT2D eigenvalue weighted by atomic mass is 79.9. The van der Waals surface area contributed by atoms with Gasteiger partial charge in [0, 0.05) is 5.69 Å². The van der Waals surface area contributed by atoms with Gasteiger partial charge >= 0.3 is 5.69 Å². The SMILES string of the molecule is Cc1nc(=O)n(Cc2ccsc2)c(C)c1Br. The third-order valence-electron chi connectivity index (χ3n) is 2.46. The topological polar surface area (TPSA) is 34.9 Å². The first-order valence-electron chi connectivity index (χ1n) is 4.84. The second-order valence-corrected chi connectivity index (χ2v) is 5.17. The average Bonchev–Trinajstić information content (AvgIpc) is 2.74. The van der Waals surface area contributed by atoms with Crippen LogP contribution >= 0.6 is 27.3 Å². The third-order valence-corrected chi connectivity index (χ3v) is 4.33. The second kappa shape index (κ2) is 4.51. The molecule has 0 fully saturated rings. The number of thiophene rings is 1. The van der Waals surface area contributed by atoms with Crippen molar-refractivity contribution in [1.29, 1.82) is 0 Å². The molecule has 2 aromatic heterocycles. The summed E-state index contributed by atoms with van der Waals surface area (Å²) in [7, 11) is 0. The summed E-state index contributed by atoms with van der Waals surface area (Å²) in [4.78, 5) is 15.8.